The Morgan fingerprint density at radius 1 is 0.574 bits per heavy atom. The number of likely N-dealkylation sites (N-methyl/N-ethyl adjacent to an activating group) is 1. The third-order valence-corrected chi connectivity index (χ3v) is 10.4. The number of hydrogen-bond acceptors (Lipinski definition) is 8. The van der Waals surface area contributed by atoms with Crippen molar-refractivity contribution in [3.05, 3.63) is 24.3 Å². The second kappa shape index (κ2) is 37.1. The van der Waals surface area contributed by atoms with E-state index in [1.54, 1.807) is 0 Å². The van der Waals surface area contributed by atoms with Crippen LogP contribution in [0.25, 0.3) is 0 Å². The molecule has 2 unspecified atom stereocenters. The van der Waals surface area contributed by atoms with Crippen molar-refractivity contribution in [3.63, 3.8) is 0 Å². The van der Waals surface area contributed by atoms with Gasteiger partial charge in [-0.2, -0.15) is 0 Å². The van der Waals surface area contributed by atoms with Gasteiger partial charge in [-0.3, -0.25) is 14.2 Å². The summed E-state index contributed by atoms with van der Waals surface area (Å²) in [4.78, 5) is 37.1. The van der Waals surface area contributed by atoms with Crippen LogP contribution < -0.4 is 4.89 Å². The van der Waals surface area contributed by atoms with Crippen LogP contribution in [0.3, 0.4) is 0 Å². The first kappa shape index (κ1) is 52.5. The fraction of sp³-hybridized carbons (Fsp3) is 0.864. The zero-order valence-electron chi connectivity index (χ0n) is 35.7. The van der Waals surface area contributed by atoms with E-state index in [0.29, 0.717) is 17.4 Å². The van der Waals surface area contributed by atoms with Crippen molar-refractivity contribution >= 4 is 19.8 Å². The number of esters is 2. The lowest BCUT2D eigenvalue weighted by molar-refractivity contribution is -0.870. The summed E-state index contributed by atoms with van der Waals surface area (Å²) in [7, 11) is 1.17. The zero-order valence-corrected chi connectivity index (χ0v) is 36.6. The van der Waals surface area contributed by atoms with Crippen LogP contribution in [-0.2, 0) is 32.7 Å². The monoisotopic (exact) mass is 786 g/mol. The van der Waals surface area contributed by atoms with E-state index in [-0.39, 0.29) is 26.1 Å². The van der Waals surface area contributed by atoms with Crippen LogP contribution in [0.1, 0.15) is 194 Å². The van der Waals surface area contributed by atoms with E-state index in [1.807, 2.05) is 21.1 Å². The first-order chi connectivity index (χ1) is 26.0. The Morgan fingerprint density at radius 3 is 1.46 bits per heavy atom. The third kappa shape index (κ3) is 40.2. The fourth-order valence-electron chi connectivity index (χ4n) is 5.98. The maximum Gasteiger partial charge on any atom is 0.306 e. The number of hydrogen-bond donors (Lipinski definition) is 0. The van der Waals surface area contributed by atoms with E-state index < -0.39 is 32.5 Å². The summed E-state index contributed by atoms with van der Waals surface area (Å²) in [5.74, 6) is -0.845. The standard InChI is InChI=1S/C44H84NO8P/c1-6-8-10-12-13-14-15-16-17-18-19-20-21-22-23-24-25-26-27-28-29-30-31-33-35-37-44(47)53-42(40-50-43(46)36-34-32-11-9-7-2)41-52-54(48,49)51-39-38-45(3,4)5/h15-16,18-19,42H,6-14,17,20-41H2,1-5H3/b16-15-,19-18-. The molecule has 2 atom stereocenters. The van der Waals surface area contributed by atoms with Gasteiger partial charge < -0.3 is 27.9 Å². The fourth-order valence-corrected chi connectivity index (χ4v) is 6.71. The van der Waals surface area contributed by atoms with Gasteiger partial charge in [-0.25, -0.2) is 0 Å². The Labute approximate surface area is 332 Å². The number of rotatable bonds is 40. The van der Waals surface area contributed by atoms with Gasteiger partial charge in [-0.15, -0.1) is 0 Å². The summed E-state index contributed by atoms with van der Waals surface area (Å²) in [6, 6.07) is 0. The number of phosphoric acid groups is 1. The van der Waals surface area contributed by atoms with Crippen LogP contribution in [0.2, 0.25) is 0 Å². The highest BCUT2D eigenvalue weighted by atomic mass is 31.2. The lowest BCUT2D eigenvalue weighted by atomic mass is 10.0. The highest BCUT2D eigenvalue weighted by Crippen LogP contribution is 2.38. The first-order valence-corrected chi connectivity index (χ1v) is 23.5. The maximum atomic E-state index is 12.6. The minimum Gasteiger partial charge on any atom is -0.756 e. The van der Waals surface area contributed by atoms with Crippen LogP contribution in [0, 0.1) is 0 Å². The number of carbonyl (C=O) groups excluding carboxylic acids is 2. The molecule has 0 aromatic rings. The molecule has 0 aliphatic carbocycles. The van der Waals surface area contributed by atoms with Gasteiger partial charge in [-0.05, 0) is 44.9 Å². The second-order valence-corrected chi connectivity index (χ2v) is 17.5. The Hall–Kier alpha value is -1.51. The molecule has 9 nitrogen and oxygen atoms in total. The molecular weight excluding hydrogens is 701 g/mol. The Balaban J connectivity index is 4.04. The summed E-state index contributed by atoms with van der Waals surface area (Å²) in [6.07, 6.45) is 39.7. The minimum atomic E-state index is -4.61. The lowest BCUT2D eigenvalue weighted by Crippen LogP contribution is -2.37. The molecule has 0 N–H and O–H groups in total. The summed E-state index contributed by atoms with van der Waals surface area (Å²) >= 11 is 0. The SMILES string of the molecule is CCCCCCC/C=C\C/C=C\CCCCCCCCCCCCCCCC(=O)OC(COC(=O)CCCCCCC)COP(=O)([O-])OCC[N+](C)(C)C. The Bertz CT molecular complexity index is 980. The second-order valence-electron chi connectivity index (χ2n) is 16.1. The molecule has 0 spiro atoms. The van der Waals surface area contributed by atoms with E-state index in [4.69, 9.17) is 18.5 Å². The van der Waals surface area contributed by atoms with Crippen molar-refractivity contribution < 1.29 is 42.1 Å². The molecule has 0 saturated heterocycles. The van der Waals surface area contributed by atoms with E-state index in [2.05, 4.69) is 38.2 Å². The van der Waals surface area contributed by atoms with Crippen molar-refractivity contribution in [2.24, 2.45) is 0 Å². The van der Waals surface area contributed by atoms with Crippen LogP contribution in [0.15, 0.2) is 24.3 Å². The summed E-state index contributed by atoms with van der Waals surface area (Å²) in [6.45, 7) is 4.12. The number of quaternary nitrogens is 1. The maximum absolute atomic E-state index is 12.6. The molecule has 0 radical (unpaired) electrons. The van der Waals surface area contributed by atoms with Crippen molar-refractivity contribution in [1.82, 2.24) is 0 Å². The van der Waals surface area contributed by atoms with Crippen molar-refractivity contribution in [1.29, 1.82) is 0 Å². The predicted octanol–water partition coefficient (Wildman–Crippen LogP) is 11.7. The van der Waals surface area contributed by atoms with Gasteiger partial charge in [0.25, 0.3) is 7.82 Å². The van der Waals surface area contributed by atoms with Gasteiger partial charge in [-0.1, -0.05) is 160 Å². The average molecular weight is 786 g/mol. The number of nitrogens with zero attached hydrogens (tertiary/aromatic N) is 1. The van der Waals surface area contributed by atoms with E-state index in [0.717, 1.165) is 57.8 Å². The van der Waals surface area contributed by atoms with E-state index in [9.17, 15) is 19.0 Å². The topological polar surface area (TPSA) is 111 Å². The molecule has 0 fully saturated rings. The van der Waals surface area contributed by atoms with Crippen molar-refractivity contribution in [2.45, 2.75) is 200 Å². The van der Waals surface area contributed by atoms with Crippen LogP contribution in [0.5, 0.6) is 0 Å². The predicted molar refractivity (Wildman–Crippen MR) is 222 cm³/mol. The minimum absolute atomic E-state index is 0.0294. The molecule has 0 rings (SSSR count). The lowest BCUT2D eigenvalue weighted by Gasteiger charge is -2.28. The van der Waals surface area contributed by atoms with Gasteiger partial charge in [0.1, 0.15) is 19.8 Å². The molecule has 0 aromatic carbocycles. The number of carbonyl (C=O) groups is 2. The molecule has 10 heteroatoms. The summed E-state index contributed by atoms with van der Waals surface area (Å²) in [5.41, 5.74) is 0. The highest BCUT2D eigenvalue weighted by Gasteiger charge is 2.21. The summed E-state index contributed by atoms with van der Waals surface area (Å²) < 4.78 is 33.6. The van der Waals surface area contributed by atoms with Gasteiger partial charge in [0.05, 0.1) is 27.7 Å². The van der Waals surface area contributed by atoms with Crippen molar-refractivity contribution in [3.8, 4) is 0 Å². The third-order valence-electron chi connectivity index (χ3n) is 9.47. The molecular formula is C44H84NO8P. The van der Waals surface area contributed by atoms with E-state index in [1.165, 1.54) is 103 Å². The molecule has 0 aliphatic rings. The number of allylic oxidation sites excluding steroid dienone is 4. The number of unbranched alkanes of at least 4 members (excludes halogenated alkanes) is 22. The summed E-state index contributed by atoms with van der Waals surface area (Å²) in [5, 5.41) is 0. The quantitative estimate of drug-likeness (QED) is 0.0198. The van der Waals surface area contributed by atoms with Crippen LogP contribution in [0.4, 0.5) is 0 Å². The smallest absolute Gasteiger partial charge is 0.306 e. The molecule has 0 bridgehead atoms. The average Bonchev–Trinajstić information content (AvgIpc) is 3.12. The molecule has 0 aromatic heterocycles. The molecule has 0 aliphatic heterocycles. The largest absolute Gasteiger partial charge is 0.756 e. The number of ether oxygens (including phenoxy) is 2. The van der Waals surface area contributed by atoms with Gasteiger partial charge in [0, 0.05) is 12.8 Å². The van der Waals surface area contributed by atoms with Gasteiger partial charge in [0.15, 0.2) is 6.10 Å². The highest BCUT2D eigenvalue weighted by molar-refractivity contribution is 7.45. The van der Waals surface area contributed by atoms with E-state index >= 15 is 0 Å². The van der Waals surface area contributed by atoms with Crippen LogP contribution >= 0.6 is 7.82 Å². The van der Waals surface area contributed by atoms with Crippen LogP contribution in [-0.4, -0.2) is 70.0 Å². The first-order valence-electron chi connectivity index (χ1n) is 22.0. The molecule has 0 amide bonds. The molecule has 54 heavy (non-hydrogen) atoms. The molecule has 318 valence electrons. The Morgan fingerprint density at radius 2 is 1.00 bits per heavy atom. The number of phosphoric ester groups is 1. The van der Waals surface area contributed by atoms with Gasteiger partial charge >= 0.3 is 11.9 Å². The Kier molecular flexibility index (Phi) is 36.1. The normalized spacial score (nSPS) is 13.8. The molecule has 0 saturated carbocycles. The van der Waals surface area contributed by atoms with Crippen molar-refractivity contribution in [2.75, 3.05) is 47.5 Å². The molecule has 0 heterocycles. The zero-order chi connectivity index (χ0) is 40.0. The van der Waals surface area contributed by atoms with Gasteiger partial charge in [0.2, 0.25) is 0 Å².